The molecule has 0 saturated heterocycles. The minimum absolute atomic E-state index is 0.00348. The molecule has 2 aromatic rings. The van der Waals surface area contributed by atoms with Crippen LogP contribution in [-0.2, 0) is 26.1 Å². The predicted molar refractivity (Wildman–Crippen MR) is 100 cm³/mol. The van der Waals surface area contributed by atoms with Gasteiger partial charge in [0.15, 0.2) is 6.10 Å². The second-order valence-electron chi connectivity index (χ2n) is 6.11. The average molecular weight is 408 g/mol. The molecule has 2 aromatic carbocycles. The summed E-state index contributed by atoms with van der Waals surface area (Å²) in [5.74, 6) is -1.71. The van der Waals surface area contributed by atoms with Gasteiger partial charge in [0.25, 0.3) is 5.91 Å². The van der Waals surface area contributed by atoms with Crippen molar-refractivity contribution in [2.45, 2.75) is 24.5 Å². The van der Waals surface area contributed by atoms with Gasteiger partial charge in [-0.05, 0) is 49.9 Å². The largest absolute Gasteiger partial charge is 0.449 e. The van der Waals surface area contributed by atoms with Crippen molar-refractivity contribution in [3.63, 3.8) is 0 Å². The van der Waals surface area contributed by atoms with Crippen LogP contribution in [0.25, 0.3) is 0 Å². The molecule has 0 aromatic heterocycles. The molecule has 0 saturated carbocycles. The highest BCUT2D eigenvalue weighted by molar-refractivity contribution is 7.89. The van der Waals surface area contributed by atoms with Gasteiger partial charge in [0, 0.05) is 13.6 Å². The first-order valence-electron chi connectivity index (χ1n) is 8.38. The number of carbonyl (C=O) groups is 2. The fourth-order valence-electron chi connectivity index (χ4n) is 2.48. The van der Waals surface area contributed by atoms with Crippen LogP contribution in [-0.4, -0.2) is 45.4 Å². The molecule has 2 rings (SSSR count). The van der Waals surface area contributed by atoms with Crippen LogP contribution in [0.15, 0.2) is 53.4 Å². The number of likely N-dealkylation sites (N-methyl/N-ethyl adjacent to an activating group) is 1. The Morgan fingerprint density at radius 3 is 2.50 bits per heavy atom. The zero-order chi connectivity index (χ0) is 20.9. The Bertz CT molecular complexity index is 978. The van der Waals surface area contributed by atoms with Gasteiger partial charge in [-0.2, -0.15) is 0 Å². The maximum absolute atomic E-state index is 13.3. The molecular formula is C19H21FN2O5S. The number of ether oxygens (including phenoxy) is 1. The fourth-order valence-corrected chi connectivity index (χ4v) is 3.26. The van der Waals surface area contributed by atoms with Gasteiger partial charge in [0.05, 0.1) is 10.5 Å². The van der Waals surface area contributed by atoms with E-state index in [1.54, 1.807) is 12.1 Å². The summed E-state index contributed by atoms with van der Waals surface area (Å²) in [6.07, 6.45) is -1.10. The summed E-state index contributed by atoms with van der Waals surface area (Å²) >= 11 is 0. The third-order valence-electron chi connectivity index (χ3n) is 3.97. The Hall–Kier alpha value is -2.78. The van der Waals surface area contributed by atoms with Crippen molar-refractivity contribution < 1.29 is 27.1 Å². The number of carbonyl (C=O) groups excluding carboxylic acids is 2. The van der Waals surface area contributed by atoms with E-state index in [-0.39, 0.29) is 17.0 Å². The molecule has 0 aliphatic heterocycles. The van der Waals surface area contributed by atoms with E-state index in [4.69, 9.17) is 4.74 Å². The van der Waals surface area contributed by atoms with Gasteiger partial charge in [-0.25, -0.2) is 22.3 Å². The molecule has 0 aliphatic carbocycles. The summed E-state index contributed by atoms with van der Waals surface area (Å²) in [5.41, 5.74) is 0.600. The van der Waals surface area contributed by atoms with Crippen LogP contribution in [0.1, 0.15) is 22.8 Å². The zero-order valence-corrected chi connectivity index (χ0v) is 16.5. The number of nitrogens with one attached hydrogen (secondary N) is 1. The number of rotatable bonds is 7. The van der Waals surface area contributed by atoms with E-state index < -0.39 is 33.8 Å². The Labute approximate surface area is 163 Å². The number of nitrogens with zero attached hydrogens (tertiary/aromatic N) is 1. The zero-order valence-electron chi connectivity index (χ0n) is 15.7. The molecule has 0 unspecified atom stereocenters. The van der Waals surface area contributed by atoms with E-state index in [9.17, 15) is 22.4 Å². The number of hydrogen-bond acceptors (Lipinski definition) is 5. The van der Waals surface area contributed by atoms with Gasteiger partial charge in [0.1, 0.15) is 5.82 Å². The Kier molecular flexibility index (Phi) is 6.87. The monoisotopic (exact) mass is 408 g/mol. The number of sulfonamides is 1. The molecule has 0 aliphatic rings. The number of amides is 1. The first-order chi connectivity index (χ1) is 13.1. The Morgan fingerprint density at radius 2 is 1.86 bits per heavy atom. The first-order valence-corrected chi connectivity index (χ1v) is 9.86. The van der Waals surface area contributed by atoms with Crippen LogP contribution in [0.3, 0.4) is 0 Å². The summed E-state index contributed by atoms with van der Waals surface area (Å²) in [6.45, 7) is 1.56. The standard InChI is InChI=1S/C19H21FN2O5S/c1-13(18(23)22(3)12-14-6-4-8-16(20)10-14)27-19(24)15-7-5-9-17(11-15)28(25,26)21-2/h4-11,13,21H,12H2,1-3H3/t13-/m1/s1. The summed E-state index contributed by atoms with van der Waals surface area (Å²) < 4.78 is 44.3. The van der Waals surface area contributed by atoms with Crippen molar-refractivity contribution in [2.24, 2.45) is 0 Å². The van der Waals surface area contributed by atoms with Gasteiger partial charge in [-0.3, -0.25) is 4.79 Å². The molecule has 1 amide bonds. The van der Waals surface area contributed by atoms with E-state index in [2.05, 4.69) is 4.72 Å². The second-order valence-corrected chi connectivity index (χ2v) is 7.99. The summed E-state index contributed by atoms with van der Waals surface area (Å²) in [7, 11) is -0.943. The number of halogens is 1. The minimum Gasteiger partial charge on any atom is -0.449 e. The molecule has 1 atom stereocenters. The number of benzene rings is 2. The molecule has 28 heavy (non-hydrogen) atoms. The van der Waals surface area contributed by atoms with Crippen LogP contribution in [0.2, 0.25) is 0 Å². The van der Waals surface area contributed by atoms with Crippen LogP contribution in [0.4, 0.5) is 4.39 Å². The lowest BCUT2D eigenvalue weighted by molar-refractivity contribution is -0.139. The molecule has 0 radical (unpaired) electrons. The van der Waals surface area contributed by atoms with Gasteiger partial charge in [-0.15, -0.1) is 0 Å². The van der Waals surface area contributed by atoms with Crippen LogP contribution < -0.4 is 4.72 Å². The van der Waals surface area contributed by atoms with Crippen molar-refractivity contribution in [2.75, 3.05) is 14.1 Å². The molecule has 7 nitrogen and oxygen atoms in total. The predicted octanol–water partition coefficient (Wildman–Crippen LogP) is 1.94. The number of esters is 1. The third-order valence-corrected chi connectivity index (χ3v) is 5.38. The molecule has 9 heteroatoms. The number of hydrogen-bond donors (Lipinski definition) is 1. The highest BCUT2D eigenvalue weighted by Crippen LogP contribution is 2.14. The SMILES string of the molecule is CNS(=O)(=O)c1cccc(C(=O)O[C@H](C)C(=O)N(C)Cc2cccc(F)c2)c1. The third kappa shape index (κ3) is 5.37. The lowest BCUT2D eigenvalue weighted by Crippen LogP contribution is -2.37. The van der Waals surface area contributed by atoms with Crippen molar-refractivity contribution in [3.8, 4) is 0 Å². The summed E-state index contributed by atoms with van der Waals surface area (Å²) in [4.78, 5) is 25.9. The van der Waals surface area contributed by atoms with Gasteiger partial charge >= 0.3 is 5.97 Å². The molecule has 0 fully saturated rings. The second kappa shape index (κ2) is 8.94. The maximum atomic E-state index is 13.3. The van der Waals surface area contributed by atoms with Gasteiger partial charge in [0.2, 0.25) is 10.0 Å². The van der Waals surface area contributed by atoms with Crippen LogP contribution in [0.5, 0.6) is 0 Å². The van der Waals surface area contributed by atoms with E-state index in [1.807, 2.05) is 0 Å². The summed E-state index contributed by atoms with van der Waals surface area (Å²) in [6, 6.07) is 11.1. The normalized spacial score (nSPS) is 12.3. The van der Waals surface area contributed by atoms with E-state index >= 15 is 0 Å². The van der Waals surface area contributed by atoms with E-state index in [1.165, 1.54) is 62.3 Å². The average Bonchev–Trinajstić information content (AvgIpc) is 2.67. The molecule has 150 valence electrons. The van der Waals surface area contributed by atoms with Gasteiger partial charge in [-0.1, -0.05) is 18.2 Å². The van der Waals surface area contributed by atoms with E-state index in [0.29, 0.717) is 5.56 Å². The molecule has 0 bridgehead atoms. The van der Waals surface area contributed by atoms with Gasteiger partial charge < -0.3 is 9.64 Å². The smallest absolute Gasteiger partial charge is 0.338 e. The lowest BCUT2D eigenvalue weighted by atomic mass is 10.2. The molecule has 0 heterocycles. The van der Waals surface area contributed by atoms with Crippen molar-refractivity contribution in [1.82, 2.24) is 9.62 Å². The summed E-state index contributed by atoms with van der Waals surface area (Å²) in [5, 5.41) is 0. The van der Waals surface area contributed by atoms with Crippen LogP contribution in [0, 0.1) is 5.82 Å². The first kappa shape index (κ1) is 21.5. The van der Waals surface area contributed by atoms with Crippen LogP contribution >= 0.6 is 0 Å². The topological polar surface area (TPSA) is 92.8 Å². The van der Waals surface area contributed by atoms with Crippen molar-refractivity contribution >= 4 is 21.9 Å². The Balaban J connectivity index is 2.05. The maximum Gasteiger partial charge on any atom is 0.338 e. The van der Waals surface area contributed by atoms with E-state index in [0.717, 1.165) is 0 Å². The Morgan fingerprint density at radius 1 is 1.18 bits per heavy atom. The van der Waals surface area contributed by atoms with Crippen molar-refractivity contribution in [1.29, 1.82) is 0 Å². The lowest BCUT2D eigenvalue weighted by Gasteiger charge is -2.21. The molecule has 0 spiro atoms. The molecule has 1 N–H and O–H groups in total. The highest BCUT2D eigenvalue weighted by Gasteiger charge is 2.23. The van der Waals surface area contributed by atoms with Crippen molar-refractivity contribution in [3.05, 3.63) is 65.5 Å². The minimum atomic E-state index is -3.71. The highest BCUT2D eigenvalue weighted by atomic mass is 32.2. The fraction of sp³-hybridized carbons (Fsp3) is 0.263. The molecular weight excluding hydrogens is 387 g/mol. The quantitative estimate of drug-likeness (QED) is 0.707.